The molecule has 0 unspecified atom stereocenters. The molecular formula is C30H30N6O3S3. The van der Waals surface area contributed by atoms with Gasteiger partial charge in [0.25, 0.3) is 0 Å². The Morgan fingerprint density at radius 2 is 1.12 bits per heavy atom. The van der Waals surface area contributed by atoms with E-state index < -0.39 is 0 Å². The van der Waals surface area contributed by atoms with E-state index >= 15 is 0 Å². The molecule has 6 aromatic heterocycles. The van der Waals surface area contributed by atoms with Crippen molar-refractivity contribution < 1.29 is 14.2 Å². The van der Waals surface area contributed by atoms with Crippen LogP contribution < -0.4 is 14.2 Å². The highest BCUT2D eigenvalue weighted by Gasteiger charge is 2.08. The summed E-state index contributed by atoms with van der Waals surface area (Å²) < 4.78 is 15.2. The Bertz CT molecular complexity index is 1520. The highest BCUT2D eigenvalue weighted by molar-refractivity contribution is 7.13. The van der Waals surface area contributed by atoms with Crippen LogP contribution in [0.15, 0.2) is 71.3 Å². The van der Waals surface area contributed by atoms with Crippen molar-refractivity contribution in [1.82, 2.24) is 29.9 Å². The van der Waals surface area contributed by atoms with E-state index in [-0.39, 0.29) is 0 Å². The van der Waals surface area contributed by atoms with Crippen molar-refractivity contribution in [3.05, 3.63) is 87.5 Å². The van der Waals surface area contributed by atoms with Gasteiger partial charge in [-0.05, 0) is 44.4 Å². The lowest BCUT2D eigenvalue weighted by Crippen LogP contribution is -1.91. The predicted octanol–water partition coefficient (Wildman–Crippen LogP) is 7.57. The molecule has 0 spiro atoms. The lowest BCUT2D eigenvalue weighted by molar-refractivity contribution is 0.396. The van der Waals surface area contributed by atoms with Crippen molar-refractivity contribution in [2.75, 3.05) is 21.3 Å². The molecule has 0 aliphatic carbocycles. The van der Waals surface area contributed by atoms with E-state index in [4.69, 9.17) is 14.2 Å². The monoisotopic (exact) mass is 618 g/mol. The minimum absolute atomic E-state index is 0.523. The second-order valence-corrected chi connectivity index (χ2v) is 11.3. The average molecular weight is 619 g/mol. The summed E-state index contributed by atoms with van der Waals surface area (Å²) in [5.41, 5.74) is 9.50. The van der Waals surface area contributed by atoms with E-state index in [0.717, 1.165) is 38.2 Å². The highest BCUT2D eigenvalue weighted by Crippen LogP contribution is 2.28. The largest absolute Gasteiger partial charge is 0.481 e. The topological polar surface area (TPSA) is 105 Å². The number of aryl methyl sites for hydroxylation is 3. The van der Waals surface area contributed by atoms with E-state index in [2.05, 4.69) is 48.3 Å². The molecule has 0 aromatic carbocycles. The molecule has 12 heteroatoms. The van der Waals surface area contributed by atoms with Crippen molar-refractivity contribution >= 4 is 34.0 Å². The summed E-state index contributed by atoms with van der Waals surface area (Å²) in [5.74, 6) is 1.82. The first kappa shape index (κ1) is 30.7. The number of thiophene rings is 1. The van der Waals surface area contributed by atoms with E-state index in [1.807, 2.05) is 55.8 Å². The quantitative estimate of drug-likeness (QED) is 0.187. The third kappa shape index (κ3) is 7.93. The second-order valence-electron chi connectivity index (χ2n) is 8.50. The van der Waals surface area contributed by atoms with Gasteiger partial charge in [-0.15, -0.1) is 34.0 Å². The van der Waals surface area contributed by atoms with Crippen molar-refractivity contribution in [3.8, 4) is 50.0 Å². The first-order valence-electron chi connectivity index (χ1n) is 12.7. The zero-order chi connectivity index (χ0) is 29.9. The number of methoxy groups -OCH3 is 3. The molecule has 0 amide bonds. The van der Waals surface area contributed by atoms with Crippen LogP contribution in [0.1, 0.15) is 16.3 Å². The number of hydrogen-bond acceptors (Lipinski definition) is 12. The molecule has 0 atom stereocenters. The van der Waals surface area contributed by atoms with Crippen LogP contribution in [0, 0.1) is 20.8 Å². The van der Waals surface area contributed by atoms with Crippen LogP contribution in [0.5, 0.6) is 17.6 Å². The molecule has 6 rings (SSSR count). The lowest BCUT2D eigenvalue weighted by atomic mass is 10.2. The van der Waals surface area contributed by atoms with E-state index in [9.17, 15) is 0 Å². The average Bonchev–Trinajstić information content (AvgIpc) is 3.79. The first-order chi connectivity index (χ1) is 20.4. The van der Waals surface area contributed by atoms with Crippen LogP contribution in [0.2, 0.25) is 0 Å². The maximum Gasteiger partial charge on any atom is 0.232 e. The van der Waals surface area contributed by atoms with E-state index in [1.54, 1.807) is 73.2 Å². The molecule has 0 saturated carbocycles. The van der Waals surface area contributed by atoms with Crippen molar-refractivity contribution in [3.63, 3.8) is 0 Å². The lowest BCUT2D eigenvalue weighted by Gasteiger charge is -2.02. The maximum atomic E-state index is 5.09. The smallest absolute Gasteiger partial charge is 0.232 e. The minimum Gasteiger partial charge on any atom is -0.481 e. The Hall–Kier alpha value is -4.26. The molecule has 0 fully saturated rings. The van der Waals surface area contributed by atoms with Gasteiger partial charge in [0.05, 0.1) is 77.3 Å². The minimum atomic E-state index is 0.523. The van der Waals surface area contributed by atoms with Crippen LogP contribution in [-0.2, 0) is 0 Å². The fourth-order valence-electron chi connectivity index (χ4n) is 3.64. The van der Waals surface area contributed by atoms with Crippen LogP contribution in [0.3, 0.4) is 0 Å². The molecule has 0 N–H and O–H groups in total. The van der Waals surface area contributed by atoms with Gasteiger partial charge in [0.1, 0.15) is 5.69 Å². The molecular weight excluding hydrogens is 589 g/mol. The summed E-state index contributed by atoms with van der Waals surface area (Å²) in [7, 11) is 4.82. The number of rotatable bonds is 6. The summed E-state index contributed by atoms with van der Waals surface area (Å²) >= 11 is 4.88. The summed E-state index contributed by atoms with van der Waals surface area (Å²) in [6, 6.07) is 13.6. The Kier molecular flexibility index (Phi) is 11.0. The van der Waals surface area contributed by atoms with Crippen LogP contribution in [-0.4, -0.2) is 51.2 Å². The van der Waals surface area contributed by atoms with E-state index in [0.29, 0.717) is 17.6 Å². The highest BCUT2D eigenvalue weighted by atomic mass is 32.1. The molecule has 216 valence electrons. The number of ether oxygens (including phenoxy) is 3. The normalized spacial score (nSPS) is 10.1. The summed E-state index contributed by atoms with van der Waals surface area (Å²) in [4.78, 5) is 28.8. The van der Waals surface area contributed by atoms with Crippen LogP contribution in [0.25, 0.3) is 32.4 Å². The van der Waals surface area contributed by atoms with E-state index in [1.165, 1.54) is 10.4 Å². The van der Waals surface area contributed by atoms with Gasteiger partial charge >= 0.3 is 0 Å². The third-order valence-corrected chi connectivity index (χ3v) is 8.53. The van der Waals surface area contributed by atoms with Gasteiger partial charge in [0.15, 0.2) is 0 Å². The standard InChI is InChI=1S/C11H11NOS.C10H10N2OS.C9H9N3OS/c1-8-9(6-7-14-8)10-4-3-5-11(12-10)13-2;1-7-10(14-6-11-7)8-4-3-5-9(12-8)13-2;1-6-9(14-5-11-6)7-3-10-4-8(12-7)13-2/h3-7H,1-2H3;3-6H,1-2H3;3-5H,1-2H3. The predicted molar refractivity (Wildman–Crippen MR) is 170 cm³/mol. The fraction of sp³-hybridized carbons (Fsp3) is 0.200. The second kappa shape index (κ2) is 15.1. The SMILES string of the molecule is COc1cccc(-c2ccsc2C)n1.COc1cccc(-c2scnc2C)n1.COc1cncc(-c2scnc2C)n1. The molecule has 0 radical (unpaired) electrons. The molecule has 0 bridgehead atoms. The molecule has 42 heavy (non-hydrogen) atoms. The Labute approximate surface area is 256 Å². The van der Waals surface area contributed by atoms with Crippen molar-refractivity contribution in [1.29, 1.82) is 0 Å². The Morgan fingerprint density at radius 3 is 1.64 bits per heavy atom. The van der Waals surface area contributed by atoms with Gasteiger partial charge < -0.3 is 14.2 Å². The van der Waals surface area contributed by atoms with Gasteiger partial charge in [-0.1, -0.05) is 12.1 Å². The van der Waals surface area contributed by atoms with Gasteiger partial charge in [0, 0.05) is 22.6 Å². The molecule has 0 saturated heterocycles. The Balaban J connectivity index is 0.000000145. The number of pyridine rings is 2. The first-order valence-corrected chi connectivity index (χ1v) is 15.3. The summed E-state index contributed by atoms with van der Waals surface area (Å²) in [6.07, 6.45) is 3.29. The molecule has 9 nitrogen and oxygen atoms in total. The number of nitrogens with zero attached hydrogens (tertiary/aromatic N) is 6. The number of hydrogen-bond donors (Lipinski definition) is 0. The summed E-state index contributed by atoms with van der Waals surface area (Å²) in [5, 5.41) is 2.08. The molecule has 0 aliphatic rings. The van der Waals surface area contributed by atoms with Gasteiger partial charge in [-0.25, -0.2) is 24.9 Å². The summed E-state index contributed by atoms with van der Waals surface area (Å²) in [6.45, 7) is 6.03. The van der Waals surface area contributed by atoms with Crippen LogP contribution in [0.4, 0.5) is 0 Å². The third-order valence-electron chi connectivity index (χ3n) is 5.78. The molecule has 6 heterocycles. The van der Waals surface area contributed by atoms with Crippen LogP contribution >= 0.6 is 34.0 Å². The molecule has 0 aliphatic heterocycles. The number of thiazole rings is 2. The van der Waals surface area contributed by atoms with Gasteiger partial charge in [-0.3, -0.25) is 4.98 Å². The Morgan fingerprint density at radius 1 is 0.571 bits per heavy atom. The maximum absolute atomic E-state index is 5.09. The number of aromatic nitrogens is 6. The zero-order valence-corrected chi connectivity index (χ0v) is 26.5. The molecule has 6 aromatic rings. The van der Waals surface area contributed by atoms with Crippen molar-refractivity contribution in [2.45, 2.75) is 20.8 Å². The fourth-order valence-corrected chi connectivity index (χ4v) is 5.88. The van der Waals surface area contributed by atoms with Crippen molar-refractivity contribution in [2.24, 2.45) is 0 Å². The zero-order valence-electron chi connectivity index (χ0n) is 24.1. The van der Waals surface area contributed by atoms with Gasteiger partial charge in [0.2, 0.25) is 17.6 Å². The van der Waals surface area contributed by atoms with Gasteiger partial charge in [-0.2, -0.15) is 0 Å².